The molecule has 0 aromatic heterocycles. The Bertz CT molecular complexity index is 914. The van der Waals surface area contributed by atoms with Crippen molar-refractivity contribution in [3.8, 4) is 0 Å². The maximum absolute atomic E-state index is 12.7. The van der Waals surface area contributed by atoms with Crippen molar-refractivity contribution < 1.29 is 13.2 Å². The standard InChI is InChI=1S/C23H32N4O3S/c1-2-13-24-23(28)19-26-14-16-27(17-15-26)22(20-9-5-3-6-10-20)18-25-31(29,30)21-11-7-4-8-12-21/h3-12,22,25H,2,13-19H2,1H3,(H,24,28)/t22-/m0/s1. The second-order valence-electron chi connectivity index (χ2n) is 7.75. The molecule has 1 atom stereocenters. The Morgan fingerprint density at radius 1 is 0.968 bits per heavy atom. The molecule has 1 amide bonds. The highest BCUT2D eigenvalue weighted by molar-refractivity contribution is 7.89. The number of carbonyl (C=O) groups is 1. The summed E-state index contributed by atoms with van der Waals surface area (Å²) in [7, 11) is -3.58. The summed E-state index contributed by atoms with van der Waals surface area (Å²) in [5.74, 6) is 0.0607. The lowest BCUT2D eigenvalue weighted by Gasteiger charge is -2.39. The number of carbonyl (C=O) groups excluding carboxylic acids is 1. The minimum atomic E-state index is -3.58. The summed E-state index contributed by atoms with van der Waals surface area (Å²) in [6.45, 7) is 6.53. The molecule has 0 radical (unpaired) electrons. The van der Waals surface area contributed by atoms with Crippen LogP contribution in [0.1, 0.15) is 24.9 Å². The second kappa shape index (κ2) is 11.4. The molecule has 7 nitrogen and oxygen atoms in total. The molecule has 2 aromatic carbocycles. The van der Waals surface area contributed by atoms with Crippen molar-refractivity contribution in [3.63, 3.8) is 0 Å². The summed E-state index contributed by atoms with van der Waals surface area (Å²) in [6.07, 6.45) is 0.928. The van der Waals surface area contributed by atoms with E-state index in [4.69, 9.17) is 0 Å². The van der Waals surface area contributed by atoms with Crippen molar-refractivity contribution in [1.82, 2.24) is 19.8 Å². The predicted octanol–water partition coefficient (Wildman–Crippen LogP) is 1.85. The molecule has 2 N–H and O–H groups in total. The van der Waals surface area contributed by atoms with Crippen LogP contribution in [0.2, 0.25) is 0 Å². The van der Waals surface area contributed by atoms with E-state index in [1.165, 1.54) is 0 Å². The normalized spacial score (nSPS) is 16.7. The van der Waals surface area contributed by atoms with Gasteiger partial charge in [0.2, 0.25) is 15.9 Å². The number of hydrogen-bond donors (Lipinski definition) is 2. The first-order valence-corrected chi connectivity index (χ1v) is 12.3. The van der Waals surface area contributed by atoms with E-state index in [1.54, 1.807) is 30.3 Å². The largest absolute Gasteiger partial charge is 0.355 e. The van der Waals surface area contributed by atoms with Crippen molar-refractivity contribution in [2.45, 2.75) is 24.3 Å². The molecule has 0 bridgehead atoms. The van der Waals surface area contributed by atoms with Crippen molar-refractivity contribution >= 4 is 15.9 Å². The number of amides is 1. The number of hydrogen-bond acceptors (Lipinski definition) is 5. The van der Waals surface area contributed by atoms with Crippen molar-refractivity contribution in [2.75, 3.05) is 45.8 Å². The zero-order chi connectivity index (χ0) is 22.1. The van der Waals surface area contributed by atoms with Gasteiger partial charge in [-0.1, -0.05) is 55.5 Å². The summed E-state index contributed by atoms with van der Waals surface area (Å²) in [5.41, 5.74) is 1.08. The molecule has 0 spiro atoms. The molecule has 1 aliphatic rings. The third-order valence-corrected chi connectivity index (χ3v) is 6.93. The number of piperazine rings is 1. The SMILES string of the molecule is CCCNC(=O)CN1CCN([C@@H](CNS(=O)(=O)c2ccccc2)c2ccccc2)CC1. The van der Waals surface area contributed by atoms with E-state index in [0.717, 1.165) is 38.2 Å². The highest BCUT2D eigenvalue weighted by atomic mass is 32.2. The van der Waals surface area contributed by atoms with E-state index in [2.05, 4.69) is 19.8 Å². The van der Waals surface area contributed by atoms with Crippen LogP contribution in [0.15, 0.2) is 65.6 Å². The summed E-state index contributed by atoms with van der Waals surface area (Å²) in [4.78, 5) is 16.7. The Morgan fingerprint density at radius 2 is 1.58 bits per heavy atom. The molecular weight excluding hydrogens is 412 g/mol. The average molecular weight is 445 g/mol. The molecule has 0 saturated carbocycles. The first kappa shape index (κ1) is 23.4. The number of rotatable bonds is 10. The van der Waals surface area contributed by atoms with Gasteiger partial charge >= 0.3 is 0 Å². The van der Waals surface area contributed by atoms with Gasteiger partial charge in [0, 0.05) is 45.3 Å². The Labute approximate surface area is 185 Å². The van der Waals surface area contributed by atoms with Crippen LogP contribution < -0.4 is 10.0 Å². The van der Waals surface area contributed by atoms with Crippen LogP contribution in [-0.2, 0) is 14.8 Å². The summed E-state index contributed by atoms with van der Waals surface area (Å²) >= 11 is 0. The number of nitrogens with one attached hydrogen (secondary N) is 2. The van der Waals surface area contributed by atoms with Gasteiger partial charge in [-0.2, -0.15) is 0 Å². The van der Waals surface area contributed by atoms with Crippen LogP contribution in [0, 0.1) is 0 Å². The second-order valence-corrected chi connectivity index (χ2v) is 9.52. The molecule has 0 aliphatic carbocycles. The molecular formula is C23H32N4O3S. The van der Waals surface area contributed by atoms with E-state index < -0.39 is 10.0 Å². The van der Waals surface area contributed by atoms with Crippen LogP contribution in [0.5, 0.6) is 0 Å². The number of sulfonamides is 1. The number of benzene rings is 2. The van der Waals surface area contributed by atoms with Gasteiger partial charge in [-0.15, -0.1) is 0 Å². The third kappa shape index (κ3) is 6.87. The molecule has 3 rings (SSSR count). The monoisotopic (exact) mass is 444 g/mol. The van der Waals surface area contributed by atoms with Gasteiger partial charge in [0.15, 0.2) is 0 Å². The molecule has 168 valence electrons. The van der Waals surface area contributed by atoms with E-state index in [-0.39, 0.29) is 23.4 Å². The highest BCUT2D eigenvalue weighted by Gasteiger charge is 2.27. The summed E-state index contributed by atoms with van der Waals surface area (Å²) in [5, 5.41) is 2.92. The van der Waals surface area contributed by atoms with E-state index >= 15 is 0 Å². The Morgan fingerprint density at radius 3 is 2.19 bits per heavy atom. The lowest BCUT2D eigenvalue weighted by molar-refractivity contribution is -0.122. The molecule has 1 aliphatic heterocycles. The zero-order valence-corrected chi connectivity index (χ0v) is 18.9. The summed E-state index contributed by atoms with van der Waals surface area (Å²) < 4.78 is 28.2. The Kier molecular flexibility index (Phi) is 8.60. The molecule has 0 unspecified atom stereocenters. The molecule has 1 fully saturated rings. The van der Waals surface area contributed by atoms with Crippen LogP contribution in [0.3, 0.4) is 0 Å². The fourth-order valence-electron chi connectivity index (χ4n) is 3.76. The van der Waals surface area contributed by atoms with Gasteiger partial charge in [-0.25, -0.2) is 13.1 Å². The van der Waals surface area contributed by atoms with Gasteiger partial charge in [0.1, 0.15) is 0 Å². The van der Waals surface area contributed by atoms with E-state index in [9.17, 15) is 13.2 Å². The fourth-order valence-corrected chi connectivity index (χ4v) is 4.82. The van der Waals surface area contributed by atoms with E-state index in [1.807, 2.05) is 37.3 Å². The van der Waals surface area contributed by atoms with Gasteiger partial charge in [-0.3, -0.25) is 14.6 Å². The third-order valence-electron chi connectivity index (χ3n) is 5.49. The topological polar surface area (TPSA) is 81.8 Å². The quantitative estimate of drug-likeness (QED) is 0.585. The van der Waals surface area contributed by atoms with Gasteiger partial charge in [-0.05, 0) is 24.1 Å². The molecule has 8 heteroatoms. The van der Waals surface area contributed by atoms with Crippen molar-refractivity contribution in [3.05, 3.63) is 66.2 Å². The molecule has 31 heavy (non-hydrogen) atoms. The van der Waals surface area contributed by atoms with Crippen LogP contribution in [-0.4, -0.2) is 69.9 Å². The predicted molar refractivity (Wildman–Crippen MR) is 122 cm³/mol. The molecule has 1 saturated heterocycles. The first-order valence-electron chi connectivity index (χ1n) is 10.8. The van der Waals surface area contributed by atoms with Gasteiger partial charge in [0.05, 0.1) is 11.4 Å². The minimum Gasteiger partial charge on any atom is -0.355 e. The Hall–Kier alpha value is -2.26. The van der Waals surface area contributed by atoms with Gasteiger partial charge in [0.25, 0.3) is 0 Å². The van der Waals surface area contributed by atoms with E-state index in [0.29, 0.717) is 13.1 Å². The highest BCUT2D eigenvalue weighted by Crippen LogP contribution is 2.22. The van der Waals surface area contributed by atoms with Crippen LogP contribution >= 0.6 is 0 Å². The van der Waals surface area contributed by atoms with Crippen LogP contribution in [0.25, 0.3) is 0 Å². The van der Waals surface area contributed by atoms with Crippen molar-refractivity contribution in [1.29, 1.82) is 0 Å². The van der Waals surface area contributed by atoms with Crippen molar-refractivity contribution in [2.24, 2.45) is 0 Å². The fraction of sp³-hybridized carbons (Fsp3) is 0.435. The van der Waals surface area contributed by atoms with Gasteiger partial charge < -0.3 is 5.32 Å². The van der Waals surface area contributed by atoms with Crippen LogP contribution in [0.4, 0.5) is 0 Å². The number of nitrogens with zero attached hydrogens (tertiary/aromatic N) is 2. The molecule has 2 aromatic rings. The minimum absolute atomic E-state index is 0.0607. The first-order chi connectivity index (χ1) is 15.0. The zero-order valence-electron chi connectivity index (χ0n) is 18.0. The average Bonchev–Trinajstić information content (AvgIpc) is 2.80. The lowest BCUT2D eigenvalue weighted by Crippen LogP contribution is -2.51. The lowest BCUT2D eigenvalue weighted by atomic mass is 10.0. The molecule has 1 heterocycles. The maximum Gasteiger partial charge on any atom is 0.240 e. The Balaban J connectivity index is 1.64. The maximum atomic E-state index is 12.7. The summed E-state index contributed by atoms with van der Waals surface area (Å²) in [6, 6.07) is 18.3. The smallest absolute Gasteiger partial charge is 0.240 e.